The van der Waals surface area contributed by atoms with Crippen LogP contribution in [0.2, 0.25) is 0 Å². The summed E-state index contributed by atoms with van der Waals surface area (Å²) in [5, 5.41) is 10.6. The minimum absolute atomic E-state index is 0.188. The number of methoxy groups -OCH3 is 1. The molecule has 0 spiro atoms. The highest BCUT2D eigenvalue weighted by Gasteiger charge is 2.21. The van der Waals surface area contributed by atoms with Crippen molar-refractivity contribution in [3.63, 3.8) is 0 Å². The molecule has 26 heavy (non-hydrogen) atoms. The van der Waals surface area contributed by atoms with Gasteiger partial charge in [-0.25, -0.2) is 4.79 Å². The van der Waals surface area contributed by atoms with E-state index in [1.807, 2.05) is 18.2 Å². The third-order valence-corrected chi connectivity index (χ3v) is 4.25. The average Bonchev–Trinajstić information content (AvgIpc) is 3.08. The van der Waals surface area contributed by atoms with E-state index in [2.05, 4.69) is 48.0 Å². The van der Waals surface area contributed by atoms with Crippen molar-refractivity contribution < 1.29 is 14.3 Å². The van der Waals surface area contributed by atoms with E-state index in [0.29, 0.717) is 17.8 Å². The molecular formula is C19H28N4O3. The van der Waals surface area contributed by atoms with Crippen molar-refractivity contribution >= 4 is 5.97 Å². The highest BCUT2D eigenvalue weighted by Crippen LogP contribution is 2.29. The topological polar surface area (TPSA) is 80.3 Å². The second kappa shape index (κ2) is 8.80. The zero-order valence-corrected chi connectivity index (χ0v) is 16.4. The Morgan fingerprint density at radius 2 is 1.88 bits per heavy atom. The van der Waals surface area contributed by atoms with Gasteiger partial charge in [-0.05, 0) is 52.8 Å². The lowest BCUT2D eigenvalue weighted by molar-refractivity contribution is 0.0520. The van der Waals surface area contributed by atoms with Crippen LogP contribution in [0.4, 0.5) is 0 Å². The normalized spacial score (nSPS) is 11.4. The van der Waals surface area contributed by atoms with E-state index in [4.69, 9.17) is 9.47 Å². The predicted molar refractivity (Wildman–Crippen MR) is 100 cm³/mol. The number of benzene rings is 1. The second-order valence-corrected chi connectivity index (χ2v) is 6.63. The first kappa shape index (κ1) is 19.9. The number of carbonyl (C=O) groups excluding carboxylic acids is 1. The Labute approximate surface area is 154 Å². The number of H-pyrrole nitrogens is 1. The standard InChI is InChI=1S/C19H28N4O3/c1-7-26-19(24)18-17(20-22-21-18)14-8-9-16(25-6)15(10-14)11-23(12(2)3)13(4)5/h8-10,12-13H,7,11H2,1-6H3,(H,20,21,22). The molecule has 2 rings (SSSR count). The minimum Gasteiger partial charge on any atom is -0.496 e. The molecule has 1 aromatic heterocycles. The van der Waals surface area contributed by atoms with Crippen molar-refractivity contribution in [3.05, 3.63) is 29.5 Å². The van der Waals surface area contributed by atoms with E-state index in [-0.39, 0.29) is 12.3 Å². The summed E-state index contributed by atoms with van der Waals surface area (Å²) >= 11 is 0. The van der Waals surface area contributed by atoms with Crippen LogP contribution in [0.5, 0.6) is 5.75 Å². The quantitative estimate of drug-likeness (QED) is 0.728. The SMILES string of the molecule is CCOC(=O)c1n[nH]nc1-c1ccc(OC)c(CN(C(C)C)C(C)C)c1. The summed E-state index contributed by atoms with van der Waals surface area (Å²) in [5.41, 5.74) is 2.50. The van der Waals surface area contributed by atoms with Gasteiger partial charge in [0, 0.05) is 29.8 Å². The zero-order chi connectivity index (χ0) is 19.3. The van der Waals surface area contributed by atoms with Crippen molar-refractivity contribution in [1.29, 1.82) is 0 Å². The third kappa shape index (κ3) is 4.40. The predicted octanol–water partition coefficient (Wildman–Crippen LogP) is 3.28. The van der Waals surface area contributed by atoms with E-state index >= 15 is 0 Å². The zero-order valence-electron chi connectivity index (χ0n) is 16.4. The number of nitrogens with one attached hydrogen (secondary N) is 1. The lowest BCUT2D eigenvalue weighted by atomic mass is 10.0. The Morgan fingerprint density at radius 1 is 1.19 bits per heavy atom. The molecule has 0 fully saturated rings. The Bertz CT molecular complexity index is 732. The molecule has 142 valence electrons. The molecule has 1 heterocycles. The third-order valence-electron chi connectivity index (χ3n) is 4.25. The number of aromatic nitrogens is 3. The lowest BCUT2D eigenvalue weighted by Crippen LogP contribution is -2.36. The molecule has 0 amide bonds. The van der Waals surface area contributed by atoms with Crippen LogP contribution >= 0.6 is 0 Å². The molecule has 7 heteroatoms. The molecule has 7 nitrogen and oxygen atoms in total. The van der Waals surface area contributed by atoms with Gasteiger partial charge in [0.2, 0.25) is 0 Å². The number of rotatable bonds is 8. The summed E-state index contributed by atoms with van der Waals surface area (Å²) in [6.07, 6.45) is 0. The monoisotopic (exact) mass is 360 g/mol. The smallest absolute Gasteiger partial charge is 0.361 e. The maximum atomic E-state index is 12.1. The number of carbonyl (C=O) groups is 1. The highest BCUT2D eigenvalue weighted by atomic mass is 16.5. The summed E-state index contributed by atoms with van der Waals surface area (Å²) in [7, 11) is 1.66. The first-order chi connectivity index (χ1) is 12.4. The first-order valence-corrected chi connectivity index (χ1v) is 8.89. The van der Waals surface area contributed by atoms with Gasteiger partial charge in [0.05, 0.1) is 13.7 Å². The Balaban J connectivity index is 2.41. The van der Waals surface area contributed by atoms with Gasteiger partial charge >= 0.3 is 5.97 Å². The van der Waals surface area contributed by atoms with E-state index in [1.165, 1.54) is 0 Å². The number of hydrogen-bond acceptors (Lipinski definition) is 6. The molecule has 0 aliphatic heterocycles. The fourth-order valence-corrected chi connectivity index (χ4v) is 2.98. The summed E-state index contributed by atoms with van der Waals surface area (Å²) < 4.78 is 10.6. The molecule has 0 atom stereocenters. The summed E-state index contributed by atoms with van der Waals surface area (Å²) in [6.45, 7) is 11.5. The van der Waals surface area contributed by atoms with E-state index < -0.39 is 5.97 Å². The highest BCUT2D eigenvalue weighted by molar-refractivity contribution is 5.94. The largest absolute Gasteiger partial charge is 0.496 e. The fraction of sp³-hybridized carbons (Fsp3) is 0.526. The van der Waals surface area contributed by atoms with Gasteiger partial charge in [-0.3, -0.25) is 4.90 Å². The number of ether oxygens (including phenoxy) is 2. The molecule has 1 N–H and O–H groups in total. The van der Waals surface area contributed by atoms with Crippen molar-refractivity contribution in [2.24, 2.45) is 0 Å². The van der Waals surface area contributed by atoms with Crippen molar-refractivity contribution in [3.8, 4) is 17.0 Å². The van der Waals surface area contributed by atoms with Gasteiger partial charge in [-0.15, -0.1) is 5.10 Å². The first-order valence-electron chi connectivity index (χ1n) is 8.89. The molecule has 2 aromatic rings. The van der Waals surface area contributed by atoms with Gasteiger partial charge in [0.1, 0.15) is 11.4 Å². The van der Waals surface area contributed by atoms with Crippen LogP contribution in [-0.4, -0.2) is 52.1 Å². The van der Waals surface area contributed by atoms with Crippen LogP contribution < -0.4 is 4.74 Å². The van der Waals surface area contributed by atoms with Crippen LogP contribution in [0.25, 0.3) is 11.3 Å². The average molecular weight is 360 g/mol. The number of nitrogens with zero attached hydrogens (tertiary/aromatic N) is 3. The molecular weight excluding hydrogens is 332 g/mol. The Hall–Kier alpha value is -2.41. The molecule has 0 aliphatic carbocycles. The van der Waals surface area contributed by atoms with Crippen LogP contribution in [0, 0.1) is 0 Å². The van der Waals surface area contributed by atoms with Gasteiger partial charge in [0.25, 0.3) is 0 Å². The van der Waals surface area contributed by atoms with E-state index in [0.717, 1.165) is 23.4 Å². The Morgan fingerprint density at radius 3 is 2.46 bits per heavy atom. The maximum Gasteiger partial charge on any atom is 0.361 e. The van der Waals surface area contributed by atoms with Crippen LogP contribution in [0.15, 0.2) is 18.2 Å². The van der Waals surface area contributed by atoms with Crippen molar-refractivity contribution in [2.75, 3.05) is 13.7 Å². The number of esters is 1. The molecule has 0 radical (unpaired) electrons. The number of hydrogen-bond donors (Lipinski definition) is 1. The molecule has 0 aliphatic rings. The number of aromatic amines is 1. The maximum absolute atomic E-state index is 12.1. The van der Waals surface area contributed by atoms with E-state index in [1.54, 1.807) is 14.0 Å². The lowest BCUT2D eigenvalue weighted by Gasteiger charge is -2.31. The van der Waals surface area contributed by atoms with Crippen LogP contribution in [-0.2, 0) is 11.3 Å². The molecule has 0 saturated heterocycles. The van der Waals surface area contributed by atoms with Crippen molar-refractivity contribution in [1.82, 2.24) is 20.3 Å². The second-order valence-electron chi connectivity index (χ2n) is 6.63. The van der Waals surface area contributed by atoms with Gasteiger partial charge in [-0.1, -0.05) is 0 Å². The van der Waals surface area contributed by atoms with Gasteiger partial charge in [-0.2, -0.15) is 10.3 Å². The van der Waals surface area contributed by atoms with Gasteiger partial charge in [0.15, 0.2) is 5.69 Å². The van der Waals surface area contributed by atoms with Crippen LogP contribution in [0.3, 0.4) is 0 Å². The molecule has 1 aromatic carbocycles. The van der Waals surface area contributed by atoms with Gasteiger partial charge < -0.3 is 9.47 Å². The van der Waals surface area contributed by atoms with Crippen LogP contribution in [0.1, 0.15) is 50.7 Å². The van der Waals surface area contributed by atoms with Crippen molar-refractivity contribution in [2.45, 2.75) is 53.2 Å². The summed E-state index contributed by atoms with van der Waals surface area (Å²) in [4.78, 5) is 14.5. The fourth-order valence-electron chi connectivity index (χ4n) is 2.98. The Kier molecular flexibility index (Phi) is 6.74. The summed E-state index contributed by atoms with van der Waals surface area (Å²) in [5.74, 6) is 0.320. The molecule has 0 unspecified atom stereocenters. The minimum atomic E-state index is -0.486. The summed E-state index contributed by atoms with van der Waals surface area (Å²) in [6, 6.07) is 6.55. The molecule has 0 bridgehead atoms. The van der Waals surface area contributed by atoms with E-state index in [9.17, 15) is 4.79 Å². The molecule has 0 saturated carbocycles.